The topological polar surface area (TPSA) is 89.4 Å². The highest BCUT2D eigenvalue weighted by molar-refractivity contribution is 9.10. The third-order valence-electron chi connectivity index (χ3n) is 2.97. The second-order valence-corrected chi connectivity index (χ2v) is 5.26. The Balaban J connectivity index is 2.32. The van der Waals surface area contributed by atoms with Gasteiger partial charge in [-0.05, 0) is 28.3 Å². The molecular formula is C11H13BrN2O3. The number of halogens is 1. The van der Waals surface area contributed by atoms with E-state index in [0.717, 1.165) is 19.3 Å². The third-order valence-corrected chi connectivity index (χ3v) is 3.58. The summed E-state index contributed by atoms with van der Waals surface area (Å²) in [7, 11) is 0. The Bertz CT molecular complexity index is 460. The molecule has 0 radical (unpaired) electrons. The Labute approximate surface area is 107 Å². The summed E-state index contributed by atoms with van der Waals surface area (Å²) in [5, 5.41) is 20.6. The predicted octanol–water partition coefficient (Wildman–Crippen LogP) is 2.86. The van der Waals surface area contributed by atoms with E-state index in [0.29, 0.717) is 16.0 Å². The quantitative estimate of drug-likeness (QED) is 0.661. The normalized spacial score (nSPS) is 16.8. The van der Waals surface area contributed by atoms with Crippen molar-refractivity contribution in [2.24, 2.45) is 11.7 Å². The van der Waals surface area contributed by atoms with E-state index in [4.69, 9.17) is 5.73 Å². The van der Waals surface area contributed by atoms with Gasteiger partial charge in [-0.15, -0.1) is 0 Å². The van der Waals surface area contributed by atoms with Crippen LogP contribution in [-0.4, -0.2) is 10.0 Å². The summed E-state index contributed by atoms with van der Waals surface area (Å²) in [6, 6.07) is 2.29. The smallest absolute Gasteiger partial charge is 0.271 e. The molecule has 1 saturated carbocycles. The van der Waals surface area contributed by atoms with E-state index in [1.54, 1.807) is 0 Å². The van der Waals surface area contributed by atoms with Crippen molar-refractivity contribution < 1.29 is 10.0 Å². The van der Waals surface area contributed by atoms with Gasteiger partial charge in [-0.1, -0.05) is 12.8 Å². The first-order valence-electron chi connectivity index (χ1n) is 5.41. The van der Waals surface area contributed by atoms with E-state index >= 15 is 0 Å². The van der Waals surface area contributed by atoms with Gasteiger partial charge in [0, 0.05) is 23.7 Å². The van der Waals surface area contributed by atoms with Gasteiger partial charge >= 0.3 is 0 Å². The number of phenolic OH excluding ortho intramolecular Hbond substituents is 1. The SMILES string of the molecule is N[C@H](CC1CC1)c1cc([N+](=O)[O-])cc(Br)c1O. The molecule has 2 rings (SSSR count). The number of non-ortho nitro benzene ring substituents is 1. The van der Waals surface area contributed by atoms with Crippen LogP contribution >= 0.6 is 15.9 Å². The first-order chi connectivity index (χ1) is 7.99. The third kappa shape index (κ3) is 2.76. The number of hydrogen-bond acceptors (Lipinski definition) is 4. The molecule has 1 aromatic carbocycles. The average molecular weight is 301 g/mol. The Morgan fingerprint density at radius 3 is 2.76 bits per heavy atom. The molecule has 0 aromatic heterocycles. The highest BCUT2D eigenvalue weighted by Crippen LogP contribution is 2.41. The van der Waals surface area contributed by atoms with Crippen LogP contribution in [0.2, 0.25) is 0 Å². The van der Waals surface area contributed by atoms with Gasteiger partial charge in [0.15, 0.2) is 0 Å². The molecule has 0 aliphatic heterocycles. The molecule has 0 unspecified atom stereocenters. The zero-order valence-electron chi connectivity index (χ0n) is 9.10. The zero-order valence-corrected chi connectivity index (χ0v) is 10.7. The minimum Gasteiger partial charge on any atom is -0.506 e. The molecule has 1 aliphatic carbocycles. The summed E-state index contributed by atoms with van der Waals surface area (Å²) in [5.74, 6) is 0.603. The molecule has 0 heterocycles. The van der Waals surface area contributed by atoms with Crippen LogP contribution in [0.4, 0.5) is 5.69 Å². The minimum atomic E-state index is -0.489. The van der Waals surface area contributed by atoms with Crippen molar-refractivity contribution in [1.82, 2.24) is 0 Å². The molecule has 3 N–H and O–H groups in total. The maximum Gasteiger partial charge on any atom is 0.271 e. The number of phenols is 1. The number of rotatable bonds is 4. The van der Waals surface area contributed by atoms with E-state index < -0.39 is 4.92 Å². The number of benzene rings is 1. The van der Waals surface area contributed by atoms with Crippen molar-refractivity contribution in [2.75, 3.05) is 0 Å². The average Bonchev–Trinajstić information content (AvgIpc) is 3.05. The molecule has 0 bridgehead atoms. The number of nitro groups is 1. The fourth-order valence-electron chi connectivity index (χ4n) is 1.83. The van der Waals surface area contributed by atoms with Crippen LogP contribution in [0.3, 0.4) is 0 Å². The molecular weight excluding hydrogens is 288 g/mol. The number of hydrogen-bond donors (Lipinski definition) is 2. The number of nitrogens with two attached hydrogens (primary N) is 1. The van der Waals surface area contributed by atoms with Crippen LogP contribution in [-0.2, 0) is 0 Å². The summed E-state index contributed by atoms with van der Waals surface area (Å²) < 4.78 is 0.313. The maximum atomic E-state index is 10.7. The van der Waals surface area contributed by atoms with Crippen LogP contribution in [0.1, 0.15) is 30.9 Å². The molecule has 0 amide bonds. The van der Waals surface area contributed by atoms with Gasteiger partial charge in [-0.3, -0.25) is 10.1 Å². The van der Waals surface area contributed by atoms with E-state index in [2.05, 4.69) is 15.9 Å². The lowest BCUT2D eigenvalue weighted by molar-refractivity contribution is -0.385. The summed E-state index contributed by atoms with van der Waals surface area (Å²) >= 11 is 3.11. The number of nitro benzene ring substituents is 1. The Morgan fingerprint density at radius 1 is 1.59 bits per heavy atom. The molecule has 5 nitrogen and oxygen atoms in total. The standard InChI is InChI=1S/C11H13BrN2O3/c12-9-5-7(14(16)17)4-8(11(9)15)10(13)3-6-1-2-6/h4-6,10,15H,1-3,13H2/t10-/m1/s1. The fraction of sp³-hybridized carbons (Fsp3) is 0.455. The molecule has 1 fully saturated rings. The van der Waals surface area contributed by atoms with E-state index in [1.165, 1.54) is 12.1 Å². The Hall–Kier alpha value is -1.14. The lowest BCUT2D eigenvalue weighted by Crippen LogP contribution is -2.11. The summed E-state index contributed by atoms with van der Waals surface area (Å²) in [4.78, 5) is 10.2. The van der Waals surface area contributed by atoms with Crippen LogP contribution in [0, 0.1) is 16.0 Å². The summed E-state index contributed by atoms with van der Waals surface area (Å²) in [5.41, 5.74) is 6.35. The van der Waals surface area contributed by atoms with E-state index in [-0.39, 0.29) is 17.5 Å². The summed E-state index contributed by atoms with van der Waals surface area (Å²) in [6.45, 7) is 0. The lowest BCUT2D eigenvalue weighted by Gasteiger charge is -2.14. The lowest BCUT2D eigenvalue weighted by atomic mass is 10.0. The molecule has 0 spiro atoms. The molecule has 92 valence electrons. The molecule has 17 heavy (non-hydrogen) atoms. The monoisotopic (exact) mass is 300 g/mol. The van der Waals surface area contributed by atoms with Gasteiger partial charge in [0.25, 0.3) is 5.69 Å². The second kappa shape index (κ2) is 4.62. The maximum absolute atomic E-state index is 10.7. The Morgan fingerprint density at radius 2 is 2.24 bits per heavy atom. The van der Waals surface area contributed by atoms with Gasteiger partial charge in [0.2, 0.25) is 0 Å². The van der Waals surface area contributed by atoms with Crippen LogP contribution in [0.25, 0.3) is 0 Å². The molecule has 6 heteroatoms. The van der Waals surface area contributed by atoms with Crippen molar-refractivity contribution >= 4 is 21.6 Å². The number of aromatic hydroxyl groups is 1. The highest BCUT2D eigenvalue weighted by atomic mass is 79.9. The van der Waals surface area contributed by atoms with Crippen molar-refractivity contribution in [3.05, 3.63) is 32.3 Å². The van der Waals surface area contributed by atoms with Gasteiger partial charge in [-0.25, -0.2) is 0 Å². The fourth-order valence-corrected chi connectivity index (χ4v) is 2.30. The predicted molar refractivity (Wildman–Crippen MR) is 66.7 cm³/mol. The van der Waals surface area contributed by atoms with Crippen LogP contribution in [0.15, 0.2) is 16.6 Å². The van der Waals surface area contributed by atoms with Crippen molar-refractivity contribution in [3.63, 3.8) is 0 Å². The molecule has 1 aromatic rings. The largest absolute Gasteiger partial charge is 0.506 e. The highest BCUT2D eigenvalue weighted by Gasteiger charge is 2.27. The zero-order chi connectivity index (χ0) is 12.6. The number of nitrogens with zero attached hydrogens (tertiary/aromatic N) is 1. The first kappa shape index (κ1) is 12.3. The van der Waals surface area contributed by atoms with Crippen molar-refractivity contribution in [1.29, 1.82) is 0 Å². The van der Waals surface area contributed by atoms with Crippen LogP contribution in [0.5, 0.6) is 5.75 Å². The molecule has 1 atom stereocenters. The minimum absolute atomic E-state index is 0.00347. The van der Waals surface area contributed by atoms with Gasteiger partial charge in [0.1, 0.15) is 5.75 Å². The molecule has 0 saturated heterocycles. The van der Waals surface area contributed by atoms with Gasteiger partial charge in [0.05, 0.1) is 9.40 Å². The van der Waals surface area contributed by atoms with Crippen molar-refractivity contribution in [2.45, 2.75) is 25.3 Å². The van der Waals surface area contributed by atoms with E-state index in [9.17, 15) is 15.2 Å². The van der Waals surface area contributed by atoms with E-state index in [1.807, 2.05) is 0 Å². The van der Waals surface area contributed by atoms with Gasteiger partial charge in [-0.2, -0.15) is 0 Å². The molecule has 1 aliphatic rings. The van der Waals surface area contributed by atoms with Crippen molar-refractivity contribution in [3.8, 4) is 5.75 Å². The van der Waals surface area contributed by atoms with Crippen LogP contribution < -0.4 is 5.73 Å². The Kier molecular flexibility index (Phi) is 3.35. The van der Waals surface area contributed by atoms with Gasteiger partial charge < -0.3 is 10.8 Å². The summed E-state index contributed by atoms with van der Waals surface area (Å²) in [6.07, 6.45) is 3.08. The first-order valence-corrected chi connectivity index (χ1v) is 6.20. The second-order valence-electron chi connectivity index (χ2n) is 4.41.